The molecule has 0 spiro atoms. The van der Waals surface area contributed by atoms with Gasteiger partial charge in [0.2, 0.25) is 0 Å². The molecule has 14 nitrogen and oxygen atoms in total. The Morgan fingerprint density at radius 3 is 1.56 bits per heavy atom. The molecule has 0 aromatic heterocycles. The molecule has 0 saturated carbocycles. The van der Waals surface area contributed by atoms with Gasteiger partial charge < -0.3 is 45.5 Å². The summed E-state index contributed by atoms with van der Waals surface area (Å²) in [4.78, 5) is 62.3. The summed E-state index contributed by atoms with van der Waals surface area (Å²) in [6, 6.07) is 12.8. The molecular formula is C34H37B2N3O11. The number of amides is 3. The summed E-state index contributed by atoms with van der Waals surface area (Å²) in [7, 11) is -2.37. The molecule has 0 bridgehead atoms. The van der Waals surface area contributed by atoms with E-state index in [1.807, 2.05) is 27.7 Å². The van der Waals surface area contributed by atoms with E-state index in [9.17, 15) is 39.1 Å². The molecule has 5 rings (SSSR count). The van der Waals surface area contributed by atoms with Gasteiger partial charge in [0.15, 0.2) is 0 Å². The molecule has 2 aliphatic heterocycles. The maximum atomic E-state index is 13.2. The Labute approximate surface area is 288 Å². The second-order valence-electron chi connectivity index (χ2n) is 13.3. The van der Waals surface area contributed by atoms with Crippen LogP contribution in [0.15, 0.2) is 54.6 Å². The van der Waals surface area contributed by atoms with Crippen molar-refractivity contribution in [3.8, 4) is 0 Å². The molecule has 1 atom stereocenters. The highest BCUT2D eigenvalue weighted by Crippen LogP contribution is 2.31. The van der Waals surface area contributed by atoms with Gasteiger partial charge in [0, 0.05) is 36.2 Å². The molecule has 7 N–H and O–H groups in total. The predicted molar refractivity (Wildman–Crippen MR) is 181 cm³/mol. The summed E-state index contributed by atoms with van der Waals surface area (Å²) in [5, 5.41) is 47.1. The first-order valence-corrected chi connectivity index (χ1v) is 15.9. The molecule has 0 radical (unpaired) electrons. The van der Waals surface area contributed by atoms with E-state index < -0.39 is 67.6 Å². The van der Waals surface area contributed by atoms with Crippen LogP contribution in [0.5, 0.6) is 0 Å². The van der Waals surface area contributed by atoms with Crippen molar-refractivity contribution < 1.29 is 53.5 Å². The summed E-state index contributed by atoms with van der Waals surface area (Å²) in [5.74, 6) is -4.37. The van der Waals surface area contributed by atoms with Crippen molar-refractivity contribution in [3.05, 3.63) is 93.5 Å². The smallest absolute Gasteiger partial charge is 0.481 e. The van der Waals surface area contributed by atoms with Gasteiger partial charge in [-0.2, -0.15) is 0 Å². The van der Waals surface area contributed by atoms with Gasteiger partial charge >= 0.3 is 26.2 Å². The molecule has 3 aromatic carbocycles. The van der Waals surface area contributed by atoms with Crippen LogP contribution in [0, 0.1) is 0 Å². The van der Waals surface area contributed by atoms with Gasteiger partial charge in [0.1, 0.15) is 6.04 Å². The van der Waals surface area contributed by atoms with Gasteiger partial charge in [-0.3, -0.25) is 19.2 Å². The molecule has 0 saturated heterocycles. The first-order valence-electron chi connectivity index (χ1n) is 15.9. The second-order valence-corrected chi connectivity index (χ2v) is 13.3. The molecule has 16 heteroatoms. The predicted octanol–water partition coefficient (Wildman–Crippen LogP) is 0.500. The summed E-state index contributed by atoms with van der Waals surface area (Å²) >= 11 is 0. The first-order chi connectivity index (χ1) is 23.4. The van der Waals surface area contributed by atoms with E-state index >= 15 is 0 Å². The molecule has 50 heavy (non-hydrogen) atoms. The highest BCUT2D eigenvalue weighted by Gasteiger charge is 2.42. The molecule has 2 heterocycles. The van der Waals surface area contributed by atoms with Gasteiger partial charge in [-0.25, -0.2) is 4.79 Å². The van der Waals surface area contributed by atoms with Crippen LogP contribution < -0.4 is 26.9 Å². The third kappa shape index (κ3) is 7.89. The number of fused-ring (bicyclic) bond motifs is 2. The molecule has 0 fully saturated rings. The Kier molecular flexibility index (Phi) is 10.2. The Morgan fingerprint density at radius 1 is 0.680 bits per heavy atom. The summed E-state index contributed by atoms with van der Waals surface area (Å²) < 4.78 is 11.1. The van der Waals surface area contributed by atoms with Gasteiger partial charge in [-0.05, 0) is 104 Å². The largest absolute Gasteiger partial charge is 0.492 e. The summed E-state index contributed by atoms with van der Waals surface area (Å²) in [5.41, 5.74) is 2.44. The molecule has 260 valence electrons. The topological polar surface area (TPSA) is 221 Å². The fraction of sp³-hybridized carbons (Fsp3) is 0.324. The normalized spacial score (nSPS) is 15.9. The maximum Gasteiger partial charge on any atom is 0.492 e. The maximum absolute atomic E-state index is 13.2. The van der Waals surface area contributed by atoms with E-state index in [2.05, 4.69) is 16.0 Å². The van der Waals surface area contributed by atoms with Crippen molar-refractivity contribution in [3.63, 3.8) is 0 Å². The van der Waals surface area contributed by atoms with Crippen LogP contribution in [0.2, 0.25) is 0 Å². The van der Waals surface area contributed by atoms with Gasteiger partial charge in [0.25, 0.3) is 17.7 Å². The minimum atomic E-state index is -1.47. The molecule has 2 aliphatic rings. The second kappa shape index (κ2) is 14.1. The first kappa shape index (κ1) is 36.3. The van der Waals surface area contributed by atoms with Gasteiger partial charge in [-0.1, -0.05) is 18.2 Å². The number of hydrogen-bond acceptors (Lipinski definition) is 9. The van der Waals surface area contributed by atoms with Crippen LogP contribution in [-0.2, 0) is 43.2 Å². The zero-order valence-electron chi connectivity index (χ0n) is 27.9. The average molecular weight is 685 g/mol. The average Bonchev–Trinajstić information content (AvgIpc) is 3.44. The van der Waals surface area contributed by atoms with Crippen LogP contribution >= 0.6 is 0 Å². The minimum Gasteiger partial charge on any atom is -0.481 e. The molecular weight excluding hydrogens is 648 g/mol. The fourth-order valence-corrected chi connectivity index (χ4v) is 6.16. The Balaban J connectivity index is 1.35. The number of nitrogens with one attached hydrogen (secondary N) is 3. The number of hydrogen-bond donors (Lipinski definition) is 7. The highest BCUT2D eigenvalue weighted by molar-refractivity contribution is 6.62. The van der Waals surface area contributed by atoms with Gasteiger partial charge in [-0.15, -0.1) is 0 Å². The van der Waals surface area contributed by atoms with Crippen molar-refractivity contribution in [1.82, 2.24) is 16.0 Å². The lowest BCUT2D eigenvalue weighted by Gasteiger charge is -2.19. The van der Waals surface area contributed by atoms with Crippen LogP contribution in [-0.4, -0.2) is 70.2 Å². The number of carboxylic acids is 2. The van der Waals surface area contributed by atoms with E-state index in [1.165, 1.54) is 12.1 Å². The number of carbonyl (C=O) groups is 5. The van der Waals surface area contributed by atoms with E-state index in [1.54, 1.807) is 42.5 Å². The quantitative estimate of drug-likeness (QED) is 0.130. The number of carboxylic acid groups (broad SMARTS) is 2. The molecule has 3 amide bonds. The molecule has 0 unspecified atom stereocenters. The third-order valence-electron chi connectivity index (χ3n) is 8.74. The number of carbonyl (C=O) groups excluding carboxylic acids is 3. The molecule has 0 aliphatic carbocycles. The van der Waals surface area contributed by atoms with E-state index in [4.69, 9.17) is 14.4 Å². The summed E-state index contributed by atoms with van der Waals surface area (Å²) in [6.45, 7) is 7.09. The van der Waals surface area contributed by atoms with Crippen molar-refractivity contribution in [1.29, 1.82) is 0 Å². The van der Waals surface area contributed by atoms with Crippen LogP contribution in [0.4, 0.5) is 0 Å². The van der Waals surface area contributed by atoms with Crippen molar-refractivity contribution in [2.75, 3.05) is 0 Å². The highest BCUT2D eigenvalue weighted by atomic mass is 16.5. The lowest BCUT2D eigenvalue weighted by molar-refractivity contribution is -0.140. The lowest BCUT2D eigenvalue weighted by Crippen LogP contribution is -2.41. The SMILES string of the molecule is CC1(C)OB(O)c2cc(C(=O)NCc3cc(CNC(=O)c4ccc5c(c4)B(O)OC5(C)C)cc(C(=O)N[C@@H](CCC(=O)O)C(=O)O)c3)ccc21. The zero-order valence-corrected chi connectivity index (χ0v) is 27.9. The Hall–Kier alpha value is -5.02. The Morgan fingerprint density at radius 2 is 1.14 bits per heavy atom. The van der Waals surface area contributed by atoms with Crippen molar-refractivity contribution in [2.24, 2.45) is 0 Å². The Bertz CT molecular complexity index is 1780. The van der Waals surface area contributed by atoms with Crippen LogP contribution in [0.3, 0.4) is 0 Å². The third-order valence-corrected chi connectivity index (χ3v) is 8.74. The van der Waals surface area contributed by atoms with Crippen LogP contribution in [0.25, 0.3) is 0 Å². The van der Waals surface area contributed by atoms with Gasteiger partial charge in [0.05, 0.1) is 11.2 Å². The summed E-state index contributed by atoms with van der Waals surface area (Å²) in [6.07, 6.45) is -0.822. The monoisotopic (exact) mass is 685 g/mol. The number of aliphatic carboxylic acids is 2. The lowest BCUT2D eigenvalue weighted by atomic mass is 9.77. The number of rotatable bonds is 12. The minimum absolute atomic E-state index is 0.0163. The van der Waals surface area contributed by atoms with E-state index in [0.717, 1.165) is 11.1 Å². The fourth-order valence-electron chi connectivity index (χ4n) is 6.16. The number of benzene rings is 3. The standard InChI is InChI=1S/C34H37B2N3O11/c1-33(2)23-7-5-20(14-25(23)35(47)49-33)29(42)37-16-18-11-19(13-22(12-18)31(44)39-27(32(45)46)9-10-28(40)41)17-38-30(43)21-6-8-24-26(15-21)36(48)50-34(24,3)4/h5-8,11-15,27,47-48H,9-10,16-17H2,1-4H3,(H,37,42)(H,38,43)(H,39,44)(H,40,41)(H,45,46)/t27-/m0/s1. The van der Waals surface area contributed by atoms with Crippen LogP contribution in [0.1, 0.15) is 93.9 Å². The zero-order chi connectivity index (χ0) is 36.5. The van der Waals surface area contributed by atoms with Crippen molar-refractivity contribution >= 4 is 54.8 Å². The van der Waals surface area contributed by atoms with E-state index in [-0.39, 0.29) is 36.2 Å². The van der Waals surface area contributed by atoms with E-state index in [0.29, 0.717) is 22.1 Å². The van der Waals surface area contributed by atoms with Crippen molar-refractivity contribution in [2.45, 2.75) is 70.9 Å². The molecule has 3 aromatic rings.